The molecule has 112 valence electrons. The van der Waals surface area contributed by atoms with Gasteiger partial charge in [-0.15, -0.1) is 0 Å². The predicted octanol–water partition coefficient (Wildman–Crippen LogP) is 0.819. The third-order valence-electron chi connectivity index (χ3n) is 5.53. The van der Waals surface area contributed by atoms with Crippen molar-refractivity contribution in [2.45, 2.75) is 45.1 Å². The van der Waals surface area contributed by atoms with E-state index < -0.39 is 0 Å². The molecule has 2 atom stereocenters. The monoisotopic (exact) mass is 280 g/mol. The Morgan fingerprint density at radius 1 is 1.25 bits per heavy atom. The van der Waals surface area contributed by atoms with Crippen LogP contribution in [0, 0.1) is 23.2 Å². The molecule has 0 aromatic carbocycles. The van der Waals surface area contributed by atoms with Crippen LogP contribution >= 0.6 is 0 Å². The Hall–Kier alpha value is -1.10. The van der Waals surface area contributed by atoms with Crippen LogP contribution in [-0.4, -0.2) is 31.1 Å². The number of hydrogen-bond acceptors (Lipinski definition) is 4. The van der Waals surface area contributed by atoms with Gasteiger partial charge in [-0.2, -0.15) is 0 Å². The highest BCUT2D eigenvalue weighted by atomic mass is 16.5. The van der Waals surface area contributed by atoms with E-state index in [0.29, 0.717) is 24.4 Å². The minimum absolute atomic E-state index is 0.0134. The summed E-state index contributed by atoms with van der Waals surface area (Å²) in [6, 6.07) is 0.275. The van der Waals surface area contributed by atoms with Crippen molar-refractivity contribution in [1.82, 2.24) is 5.32 Å². The first-order valence-electron chi connectivity index (χ1n) is 7.73. The number of nitrogens with two attached hydrogens (primary N) is 1. The van der Waals surface area contributed by atoms with Gasteiger partial charge in [0.1, 0.15) is 6.54 Å². The standard InChI is InChI=1S/C15H24N2O3/c1-2-20-12(18)8-17-14(19)15-5-9-3-10(6-15)13(16)11(4-9)7-15/h9-11,13H,2-8,16H2,1H3,(H,17,19). The average molecular weight is 280 g/mol. The molecule has 20 heavy (non-hydrogen) atoms. The lowest BCUT2D eigenvalue weighted by molar-refractivity contribution is -0.151. The molecule has 0 aliphatic heterocycles. The van der Waals surface area contributed by atoms with Crippen LogP contribution in [-0.2, 0) is 14.3 Å². The zero-order valence-electron chi connectivity index (χ0n) is 12.1. The van der Waals surface area contributed by atoms with Gasteiger partial charge < -0.3 is 15.8 Å². The van der Waals surface area contributed by atoms with Crippen molar-refractivity contribution in [2.75, 3.05) is 13.2 Å². The molecule has 0 radical (unpaired) electrons. The lowest BCUT2D eigenvalue weighted by Crippen LogP contribution is -2.61. The number of esters is 1. The first-order valence-corrected chi connectivity index (χ1v) is 7.73. The van der Waals surface area contributed by atoms with Gasteiger partial charge in [-0.3, -0.25) is 9.59 Å². The van der Waals surface area contributed by atoms with Crippen LogP contribution < -0.4 is 11.1 Å². The highest BCUT2D eigenvalue weighted by molar-refractivity contribution is 5.86. The Balaban J connectivity index is 1.64. The van der Waals surface area contributed by atoms with Gasteiger partial charge >= 0.3 is 5.97 Å². The van der Waals surface area contributed by atoms with Crippen molar-refractivity contribution >= 4 is 11.9 Å². The SMILES string of the molecule is CCOC(=O)CNC(=O)C12CC3CC(C1)C(N)C(C3)C2. The highest BCUT2D eigenvalue weighted by Gasteiger charge is 2.57. The topological polar surface area (TPSA) is 81.4 Å². The van der Waals surface area contributed by atoms with Crippen molar-refractivity contribution in [3.05, 3.63) is 0 Å². The molecule has 5 nitrogen and oxygen atoms in total. The second-order valence-electron chi connectivity index (χ2n) is 6.82. The van der Waals surface area contributed by atoms with E-state index in [4.69, 9.17) is 10.5 Å². The third kappa shape index (κ3) is 2.22. The lowest BCUT2D eigenvalue weighted by atomic mass is 9.48. The van der Waals surface area contributed by atoms with Crippen LogP contribution in [0.3, 0.4) is 0 Å². The number of carbonyl (C=O) groups excluding carboxylic acids is 2. The molecule has 5 heteroatoms. The van der Waals surface area contributed by atoms with E-state index in [1.165, 1.54) is 12.8 Å². The Morgan fingerprint density at radius 3 is 2.50 bits per heavy atom. The molecule has 4 aliphatic rings. The molecular weight excluding hydrogens is 256 g/mol. The zero-order valence-corrected chi connectivity index (χ0v) is 12.1. The molecule has 0 spiro atoms. The minimum atomic E-state index is -0.359. The summed E-state index contributed by atoms with van der Waals surface area (Å²) in [5.41, 5.74) is 6.02. The van der Waals surface area contributed by atoms with Gasteiger partial charge in [0.15, 0.2) is 0 Å². The quantitative estimate of drug-likeness (QED) is 0.747. The summed E-state index contributed by atoms with van der Waals surface area (Å²) in [7, 11) is 0. The van der Waals surface area contributed by atoms with Crippen LogP contribution in [0.5, 0.6) is 0 Å². The van der Waals surface area contributed by atoms with Gasteiger partial charge in [0, 0.05) is 6.04 Å². The van der Waals surface area contributed by atoms with Gasteiger partial charge in [0.2, 0.25) is 5.91 Å². The molecule has 1 amide bonds. The molecular formula is C15H24N2O3. The fourth-order valence-corrected chi connectivity index (χ4v) is 4.89. The summed E-state index contributed by atoms with van der Waals surface area (Å²) < 4.78 is 4.85. The maximum atomic E-state index is 12.6. The van der Waals surface area contributed by atoms with Crippen LogP contribution in [0.15, 0.2) is 0 Å². The number of carbonyl (C=O) groups is 2. The summed E-state index contributed by atoms with van der Waals surface area (Å²) >= 11 is 0. The molecule has 2 unspecified atom stereocenters. The summed E-state index contributed by atoms with van der Waals surface area (Å²) in [5, 5.41) is 2.78. The molecule has 0 heterocycles. The van der Waals surface area contributed by atoms with Gasteiger partial charge in [0.05, 0.1) is 12.0 Å². The molecule has 4 aliphatic carbocycles. The van der Waals surface area contributed by atoms with Crippen molar-refractivity contribution < 1.29 is 14.3 Å². The molecule has 0 aromatic rings. The highest BCUT2D eigenvalue weighted by Crippen LogP contribution is 2.59. The van der Waals surface area contributed by atoms with E-state index >= 15 is 0 Å². The van der Waals surface area contributed by atoms with Crippen LogP contribution in [0.1, 0.15) is 39.0 Å². The van der Waals surface area contributed by atoms with Crippen LogP contribution in [0.25, 0.3) is 0 Å². The minimum Gasteiger partial charge on any atom is -0.465 e. The summed E-state index contributed by atoms with van der Waals surface area (Å²) in [4.78, 5) is 23.9. The molecule has 4 rings (SSSR count). The van der Waals surface area contributed by atoms with Gasteiger partial charge in [0.25, 0.3) is 0 Å². The van der Waals surface area contributed by atoms with E-state index in [0.717, 1.165) is 19.3 Å². The zero-order chi connectivity index (χ0) is 14.3. The maximum Gasteiger partial charge on any atom is 0.325 e. The van der Waals surface area contributed by atoms with E-state index in [9.17, 15) is 9.59 Å². The Labute approximate surface area is 119 Å². The number of hydrogen-bond donors (Lipinski definition) is 2. The van der Waals surface area contributed by atoms with Crippen LogP contribution in [0.2, 0.25) is 0 Å². The third-order valence-corrected chi connectivity index (χ3v) is 5.53. The normalized spacial score (nSPS) is 41.5. The Kier molecular flexibility index (Phi) is 3.48. The number of ether oxygens (including phenoxy) is 1. The molecule has 3 N–H and O–H groups in total. The Bertz CT molecular complexity index is 407. The van der Waals surface area contributed by atoms with Crippen molar-refractivity contribution in [3.8, 4) is 0 Å². The Morgan fingerprint density at radius 2 is 1.90 bits per heavy atom. The van der Waals surface area contributed by atoms with Gasteiger partial charge in [-0.1, -0.05) is 0 Å². The molecule has 4 fully saturated rings. The summed E-state index contributed by atoms with van der Waals surface area (Å²) in [5.74, 6) is 1.32. The van der Waals surface area contributed by atoms with Crippen molar-refractivity contribution in [2.24, 2.45) is 28.9 Å². The lowest BCUT2D eigenvalue weighted by Gasteiger charge is -2.58. The maximum absolute atomic E-state index is 12.6. The largest absolute Gasteiger partial charge is 0.465 e. The summed E-state index contributed by atoms with van der Waals surface area (Å²) in [6.45, 7) is 2.10. The van der Waals surface area contributed by atoms with Gasteiger partial charge in [-0.05, 0) is 56.8 Å². The fraction of sp³-hybridized carbons (Fsp3) is 0.867. The average Bonchev–Trinajstić information content (AvgIpc) is 2.41. The molecule has 0 aromatic heterocycles. The van der Waals surface area contributed by atoms with E-state index in [1.54, 1.807) is 6.92 Å². The van der Waals surface area contributed by atoms with E-state index in [2.05, 4.69) is 5.32 Å². The number of rotatable bonds is 4. The second kappa shape index (κ2) is 5.02. The number of nitrogens with one attached hydrogen (secondary N) is 1. The summed E-state index contributed by atoms with van der Waals surface area (Å²) in [6.07, 6.45) is 5.14. The number of amides is 1. The molecule has 4 bridgehead atoms. The van der Waals surface area contributed by atoms with Gasteiger partial charge in [-0.25, -0.2) is 0 Å². The van der Waals surface area contributed by atoms with Crippen LogP contribution in [0.4, 0.5) is 0 Å². The van der Waals surface area contributed by atoms with E-state index in [-0.39, 0.29) is 29.9 Å². The fourth-order valence-electron chi connectivity index (χ4n) is 4.89. The molecule has 0 saturated heterocycles. The van der Waals surface area contributed by atoms with E-state index in [1.807, 2.05) is 0 Å². The first-order chi connectivity index (χ1) is 9.54. The molecule has 4 saturated carbocycles. The second-order valence-corrected chi connectivity index (χ2v) is 6.82. The van der Waals surface area contributed by atoms with Crippen molar-refractivity contribution in [3.63, 3.8) is 0 Å². The smallest absolute Gasteiger partial charge is 0.325 e. The van der Waals surface area contributed by atoms with Crippen molar-refractivity contribution in [1.29, 1.82) is 0 Å². The first kappa shape index (κ1) is 13.9. The predicted molar refractivity (Wildman–Crippen MR) is 73.6 cm³/mol.